The van der Waals surface area contributed by atoms with E-state index in [1.807, 2.05) is 30.3 Å². The van der Waals surface area contributed by atoms with Crippen LogP contribution in [0.2, 0.25) is 10.0 Å². The number of carbonyl (C=O) groups excluding carboxylic acids is 1. The number of carbonyl (C=O) groups is 1. The second kappa shape index (κ2) is 7.40. The molecule has 1 fully saturated rings. The number of nitrogens with one attached hydrogen (secondary N) is 1. The molecule has 0 saturated carbocycles. The summed E-state index contributed by atoms with van der Waals surface area (Å²) in [6.45, 7) is 1.06. The highest BCUT2D eigenvalue weighted by atomic mass is 35.5. The zero-order chi connectivity index (χ0) is 19.9. The number of halogens is 2. The van der Waals surface area contributed by atoms with E-state index in [4.69, 9.17) is 23.2 Å². The molecule has 28 heavy (non-hydrogen) atoms. The van der Waals surface area contributed by atoms with Crippen molar-refractivity contribution in [2.24, 2.45) is 0 Å². The van der Waals surface area contributed by atoms with Gasteiger partial charge in [-0.2, -0.15) is 4.31 Å². The molecule has 0 atom stereocenters. The monoisotopic (exact) mass is 437 g/mol. The van der Waals surface area contributed by atoms with Gasteiger partial charge in [-0.15, -0.1) is 0 Å². The number of piperazine rings is 1. The van der Waals surface area contributed by atoms with E-state index in [2.05, 4.69) is 4.98 Å². The lowest BCUT2D eigenvalue weighted by atomic mass is 10.2. The van der Waals surface area contributed by atoms with E-state index < -0.39 is 10.0 Å². The normalized spacial score (nSPS) is 15.9. The van der Waals surface area contributed by atoms with Gasteiger partial charge in [0.1, 0.15) is 5.69 Å². The molecule has 4 rings (SSSR count). The third-order valence-corrected chi connectivity index (χ3v) is 7.45. The summed E-state index contributed by atoms with van der Waals surface area (Å²) in [6, 6.07) is 13.7. The van der Waals surface area contributed by atoms with Gasteiger partial charge in [-0.05, 0) is 30.3 Å². The first-order valence-electron chi connectivity index (χ1n) is 8.68. The minimum absolute atomic E-state index is 0.0947. The predicted octanol–water partition coefficient (Wildman–Crippen LogP) is 3.62. The van der Waals surface area contributed by atoms with Crippen molar-refractivity contribution in [3.05, 3.63) is 64.3 Å². The Balaban J connectivity index is 1.47. The van der Waals surface area contributed by atoms with Crippen LogP contribution >= 0.6 is 23.2 Å². The van der Waals surface area contributed by atoms with Gasteiger partial charge in [-0.1, -0.05) is 41.4 Å². The smallest absolute Gasteiger partial charge is 0.270 e. The number of sulfonamides is 1. The van der Waals surface area contributed by atoms with Gasteiger partial charge in [0.15, 0.2) is 0 Å². The number of para-hydroxylation sites is 1. The van der Waals surface area contributed by atoms with Crippen molar-refractivity contribution in [1.82, 2.24) is 14.2 Å². The first-order valence-corrected chi connectivity index (χ1v) is 10.9. The summed E-state index contributed by atoms with van der Waals surface area (Å²) in [6.07, 6.45) is 0. The summed E-state index contributed by atoms with van der Waals surface area (Å²) in [4.78, 5) is 17.6. The van der Waals surface area contributed by atoms with Crippen LogP contribution in [0.1, 0.15) is 10.5 Å². The summed E-state index contributed by atoms with van der Waals surface area (Å²) in [5.74, 6) is -0.136. The molecule has 2 aromatic carbocycles. The minimum Gasteiger partial charge on any atom is -0.351 e. The minimum atomic E-state index is -3.69. The topological polar surface area (TPSA) is 73.5 Å². The molecular formula is C19H17Cl2N3O3S. The number of amides is 1. The third-order valence-electron chi connectivity index (χ3n) is 4.82. The van der Waals surface area contributed by atoms with Crippen molar-refractivity contribution in [3.63, 3.8) is 0 Å². The Morgan fingerprint density at radius 2 is 1.64 bits per heavy atom. The number of nitrogens with zero attached hydrogens (tertiary/aromatic N) is 2. The van der Waals surface area contributed by atoms with Gasteiger partial charge in [0.05, 0.1) is 14.9 Å². The lowest BCUT2D eigenvalue weighted by molar-refractivity contribution is 0.0693. The Kier molecular flexibility index (Phi) is 5.09. The van der Waals surface area contributed by atoms with E-state index in [0.717, 1.165) is 10.9 Å². The zero-order valence-electron chi connectivity index (χ0n) is 14.7. The first kappa shape index (κ1) is 19.3. The van der Waals surface area contributed by atoms with E-state index in [1.54, 1.807) is 4.90 Å². The van der Waals surface area contributed by atoms with Gasteiger partial charge in [0.25, 0.3) is 5.91 Å². The van der Waals surface area contributed by atoms with Gasteiger partial charge in [0, 0.05) is 37.1 Å². The second-order valence-electron chi connectivity index (χ2n) is 6.54. The van der Waals surface area contributed by atoms with E-state index >= 15 is 0 Å². The molecule has 9 heteroatoms. The summed E-state index contributed by atoms with van der Waals surface area (Å²) in [5.41, 5.74) is 1.40. The molecule has 1 amide bonds. The molecular weight excluding hydrogens is 421 g/mol. The van der Waals surface area contributed by atoms with Crippen LogP contribution in [-0.2, 0) is 10.0 Å². The molecule has 1 N–H and O–H groups in total. The third kappa shape index (κ3) is 3.51. The fourth-order valence-electron chi connectivity index (χ4n) is 3.28. The summed E-state index contributed by atoms with van der Waals surface area (Å²) in [7, 11) is -3.69. The Morgan fingerprint density at radius 1 is 0.929 bits per heavy atom. The SMILES string of the molecule is O=C(c1cc2ccccc2[nH]1)N1CCN(S(=O)(=O)c2ccc(Cl)c(Cl)c2)CC1. The lowest BCUT2D eigenvalue weighted by Gasteiger charge is -2.33. The summed E-state index contributed by atoms with van der Waals surface area (Å²) in [5, 5.41) is 1.46. The van der Waals surface area contributed by atoms with Crippen molar-refractivity contribution in [1.29, 1.82) is 0 Å². The average molecular weight is 438 g/mol. The standard InChI is InChI=1S/C19H17Cl2N3O3S/c20-15-6-5-14(12-16(15)21)28(26,27)24-9-7-23(8-10-24)19(25)18-11-13-3-1-2-4-17(13)22-18/h1-6,11-12,22H,7-10H2. The number of benzene rings is 2. The van der Waals surface area contributed by atoms with E-state index in [-0.39, 0.29) is 28.9 Å². The van der Waals surface area contributed by atoms with Crippen LogP contribution in [0.3, 0.4) is 0 Å². The van der Waals surface area contributed by atoms with Gasteiger partial charge in [-0.3, -0.25) is 4.79 Å². The summed E-state index contributed by atoms with van der Waals surface area (Å²) >= 11 is 11.8. The van der Waals surface area contributed by atoms with Crippen molar-refractivity contribution >= 4 is 50.0 Å². The Bertz CT molecular complexity index is 1120. The molecule has 0 spiro atoms. The average Bonchev–Trinajstić information content (AvgIpc) is 3.13. The lowest BCUT2D eigenvalue weighted by Crippen LogP contribution is -2.50. The number of H-pyrrole nitrogens is 1. The maximum absolute atomic E-state index is 12.8. The van der Waals surface area contributed by atoms with Crippen LogP contribution < -0.4 is 0 Å². The summed E-state index contributed by atoms with van der Waals surface area (Å²) < 4.78 is 27.0. The molecule has 146 valence electrons. The molecule has 1 aromatic heterocycles. The van der Waals surface area contributed by atoms with Crippen LogP contribution in [0, 0.1) is 0 Å². The van der Waals surface area contributed by atoms with Gasteiger partial charge >= 0.3 is 0 Å². The molecule has 1 aliphatic rings. The van der Waals surface area contributed by atoms with E-state index in [9.17, 15) is 13.2 Å². The van der Waals surface area contributed by atoms with Crippen LogP contribution in [0.4, 0.5) is 0 Å². The fourth-order valence-corrected chi connectivity index (χ4v) is 5.09. The van der Waals surface area contributed by atoms with Crippen LogP contribution in [0.15, 0.2) is 53.4 Å². The van der Waals surface area contributed by atoms with Crippen molar-refractivity contribution in [2.45, 2.75) is 4.90 Å². The van der Waals surface area contributed by atoms with Gasteiger partial charge in [-0.25, -0.2) is 8.42 Å². The Labute approximate surface area is 172 Å². The largest absolute Gasteiger partial charge is 0.351 e. The number of aromatic nitrogens is 1. The van der Waals surface area contributed by atoms with Crippen LogP contribution in [0.5, 0.6) is 0 Å². The molecule has 0 radical (unpaired) electrons. The number of fused-ring (bicyclic) bond motifs is 1. The number of hydrogen-bond acceptors (Lipinski definition) is 3. The van der Waals surface area contributed by atoms with Gasteiger partial charge < -0.3 is 9.88 Å². The predicted molar refractivity (Wildman–Crippen MR) is 109 cm³/mol. The highest BCUT2D eigenvalue weighted by Gasteiger charge is 2.31. The van der Waals surface area contributed by atoms with Crippen molar-refractivity contribution in [2.75, 3.05) is 26.2 Å². The van der Waals surface area contributed by atoms with E-state index in [0.29, 0.717) is 23.8 Å². The molecule has 1 saturated heterocycles. The number of hydrogen-bond donors (Lipinski definition) is 1. The van der Waals surface area contributed by atoms with E-state index in [1.165, 1.54) is 22.5 Å². The zero-order valence-corrected chi connectivity index (χ0v) is 17.1. The maximum atomic E-state index is 12.8. The first-order chi connectivity index (χ1) is 13.4. The number of rotatable bonds is 3. The van der Waals surface area contributed by atoms with Crippen molar-refractivity contribution < 1.29 is 13.2 Å². The quantitative estimate of drug-likeness (QED) is 0.679. The van der Waals surface area contributed by atoms with Crippen LogP contribution in [-0.4, -0.2) is 54.7 Å². The molecule has 0 bridgehead atoms. The highest BCUT2D eigenvalue weighted by molar-refractivity contribution is 7.89. The molecule has 0 unspecified atom stereocenters. The molecule has 6 nitrogen and oxygen atoms in total. The van der Waals surface area contributed by atoms with Crippen LogP contribution in [0.25, 0.3) is 10.9 Å². The van der Waals surface area contributed by atoms with Gasteiger partial charge in [0.2, 0.25) is 10.0 Å². The highest BCUT2D eigenvalue weighted by Crippen LogP contribution is 2.27. The molecule has 1 aliphatic heterocycles. The molecule has 2 heterocycles. The maximum Gasteiger partial charge on any atom is 0.270 e. The number of aromatic amines is 1. The van der Waals surface area contributed by atoms with Crippen molar-refractivity contribution in [3.8, 4) is 0 Å². The Hall–Kier alpha value is -2.06. The Morgan fingerprint density at radius 3 is 2.32 bits per heavy atom. The molecule has 3 aromatic rings. The second-order valence-corrected chi connectivity index (χ2v) is 9.29. The fraction of sp³-hybridized carbons (Fsp3) is 0.211. The molecule has 0 aliphatic carbocycles.